The summed E-state index contributed by atoms with van der Waals surface area (Å²) in [5, 5.41) is 5.04. The molecule has 4 rings (SSSR count). The first kappa shape index (κ1) is 13.1. The van der Waals surface area contributed by atoms with E-state index in [2.05, 4.69) is 10.6 Å². The van der Waals surface area contributed by atoms with Crippen molar-refractivity contribution in [2.45, 2.75) is 44.1 Å². The first-order chi connectivity index (χ1) is 10.1. The summed E-state index contributed by atoms with van der Waals surface area (Å²) in [7, 11) is 0. The van der Waals surface area contributed by atoms with Gasteiger partial charge in [-0.05, 0) is 43.9 Å². The average molecular weight is 291 g/mol. The van der Waals surface area contributed by atoms with E-state index in [0.717, 1.165) is 18.8 Å². The molecular weight excluding hydrogens is 270 g/mol. The fourth-order valence-corrected chi connectivity index (χ4v) is 4.84. The van der Waals surface area contributed by atoms with Crippen LogP contribution in [0.3, 0.4) is 0 Å². The van der Waals surface area contributed by atoms with Gasteiger partial charge in [-0.1, -0.05) is 6.42 Å². The Kier molecular flexibility index (Phi) is 2.78. The van der Waals surface area contributed by atoms with Crippen molar-refractivity contribution in [3.63, 3.8) is 0 Å². The molecule has 6 nitrogen and oxygen atoms in total. The number of amides is 4. The minimum absolute atomic E-state index is 0.152. The second kappa shape index (κ2) is 4.45. The van der Waals surface area contributed by atoms with Crippen molar-refractivity contribution in [3.8, 4) is 0 Å². The SMILES string of the molecule is O=C1NC(=O)C2(CCCN(C(=O)C3CC4CCC3C4)C2)N1. The van der Waals surface area contributed by atoms with Crippen molar-refractivity contribution >= 4 is 17.8 Å². The van der Waals surface area contributed by atoms with Gasteiger partial charge in [0.25, 0.3) is 5.91 Å². The van der Waals surface area contributed by atoms with E-state index in [1.807, 2.05) is 4.90 Å². The van der Waals surface area contributed by atoms with Crippen LogP contribution in [0.2, 0.25) is 0 Å². The van der Waals surface area contributed by atoms with Crippen molar-refractivity contribution < 1.29 is 14.4 Å². The average Bonchev–Trinajstić information content (AvgIpc) is 3.14. The Labute approximate surface area is 123 Å². The highest BCUT2D eigenvalue weighted by molar-refractivity contribution is 6.07. The molecular formula is C15H21N3O3. The molecule has 2 N–H and O–H groups in total. The molecule has 0 aromatic rings. The standard InChI is InChI=1S/C15H21N3O3/c19-12(11-7-9-2-3-10(11)6-9)18-5-1-4-15(8-18)13(20)16-14(21)17-15/h9-11H,1-8H2,(H2,16,17,20,21). The molecule has 4 aliphatic rings. The zero-order valence-electron chi connectivity index (χ0n) is 12.1. The van der Waals surface area contributed by atoms with Crippen molar-refractivity contribution in [3.05, 3.63) is 0 Å². The number of hydrogen-bond donors (Lipinski definition) is 2. The largest absolute Gasteiger partial charge is 0.340 e. The molecule has 0 aromatic carbocycles. The van der Waals surface area contributed by atoms with E-state index in [1.54, 1.807) is 0 Å². The number of carbonyl (C=O) groups excluding carboxylic acids is 3. The van der Waals surface area contributed by atoms with Crippen molar-refractivity contribution in [2.75, 3.05) is 13.1 Å². The van der Waals surface area contributed by atoms with Crippen LogP contribution in [0.15, 0.2) is 0 Å². The fourth-order valence-electron chi connectivity index (χ4n) is 4.84. The molecule has 2 aliphatic heterocycles. The van der Waals surface area contributed by atoms with Crippen molar-refractivity contribution in [1.29, 1.82) is 0 Å². The number of piperidine rings is 1. The normalized spacial score (nSPS) is 41.5. The molecule has 21 heavy (non-hydrogen) atoms. The third-order valence-electron chi connectivity index (χ3n) is 5.87. The molecule has 114 valence electrons. The lowest BCUT2D eigenvalue weighted by atomic mass is 9.85. The van der Waals surface area contributed by atoms with Crippen LogP contribution in [-0.4, -0.2) is 41.4 Å². The Morgan fingerprint density at radius 2 is 2.10 bits per heavy atom. The lowest BCUT2D eigenvalue weighted by Gasteiger charge is -2.40. The first-order valence-corrected chi connectivity index (χ1v) is 8.00. The summed E-state index contributed by atoms with van der Waals surface area (Å²) >= 11 is 0. The Bertz CT molecular complexity index is 520. The summed E-state index contributed by atoms with van der Waals surface area (Å²) in [5.74, 6) is 1.36. The molecule has 2 bridgehead atoms. The summed E-state index contributed by atoms with van der Waals surface area (Å²) in [5.41, 5.74) is -0.886. The Morgan fingerprint density at radius 1 is 1.24 bits per heavy atom. The number of hydrogen-bond acceptors (Lipinski definition) is 3. The highest BCUT2D eigenvalue weighted by atomic mass is 16.2. The van der Waals surface area contributed by atoms with E-state index < -0.39 is 11.6 Å². The van der Waals surface area contributed by atoms with Crippen molar-refractivity contribution in [1.82, 2.24) is 15.5 Å². The predicted molar refractivity (Wildman–Crippen MR) is 74.2 cm³/mol. The van der Waals surface area contributed by atoms with Crippen LogP contribution in [0.5, 0.6) is 0 Å². The number of imide groups is 1. The number of likely N-dealkylation sites (tertiary alicyclic amines) is 1. The molecule has 1 spiro atoms. The summed E-state index contributed by atoms with van der Waals surface area (Å²) < 4.78 is 0. The molecule has 4 fully saturated rings. The van der Waals surface area contributed by atoms with E-state index in [9.17, 15) is 14.4 Å². The number of carbonyl (C=O) groups is 3. The lowest BCUT2D eigenvalue weighted by Crippen LogP contribution is -2.60. The quantitative estimate of drug-likeness (QED) is 0.695. The van der Waals surface area contributed by atoms with Crippen LogP contribution in [0.1, 0.15) is 38.5 Å². The maximum Gasteiger partial charge on any atom is 0.322 e. The molecule has 4 amide bonds. The van der Waals surface area contributed by atoms with Crippen LogP contribution in [0.25, 0.3) is 0 Å². The summed E-state index contributed by atoms with van der Waals surface area (Å²) in [4.78, 5) is 38.1. The minimum atomic E-state index is -0.886. The van der Waals surface area contributed by atoms with Gasteiger partial charge in [0.05, 0.1) is 6.54 Å². The van der Waals surface area contributed by atoms with Gasteiger partial charge in [-0.3, -0.25) is 14.9 Å². The number of fused-ring (bicyclic) bond motifs is 2. The van der Waals surface area contributed by atoms with Crippen LogP contribution < -0.4 is 10.6 Å². The third kappa shape index (κ3) is 1.95. The van der Waals surface area contributed by atoms with Crippen LogP contribution in [0.4, 0.5) is 4.79 Å². The van der Waals surface area contributed by atoms with Gasteiger partial charge in [0.15, 0.2) is 0 Å². The monoisotopic (exact) mass is 291 g/mol. The molecule has 4 unspecified atom stereocenters. The molecule has 0 radical (unpaired) electrons. The summed E-state index contributed by atoms with van der Waals surface area (Å²) in [6.45, 7) is 1.04. The maximum absolute atomic E-state index is 12.8. The fraction of sp³-hybridized carbons (Fsp3) is 0.800. The van der Waals surface area contributed by atoms with E-state index >= 15 is 0 Å². The third-order valence-corrected chi connectivity index (χ3v) is 5.87. The molecule has 2 aliphatic carbocycles. The van der Waals surface area contributed by atoms with Gasteiger partial charge in [-0.2, -0.15) is 0 Å². The number of nitrogens with one attached hydrogen (secondary N) is 2. The maximum atomic E-state index is 12.8. The van der Waals surface area contributed by atoms with Gasteiger partial charge in [-0.15, -0.1) is 0 Å². The molecule has 2 saturated carbocycles. The second-order valence-corrected chi connectivity index (χ2v) is 7.14. The van der Waals surface area contributed by atoms with Gasteiger partial charge in [0.1, 0.15) is 5.54 Å². The number of urea groups is 1. The molecule has 2 heterocycles. The highest BCUT2D eigenvalue weighted by Crippen LogP contribution is 2.49. The zero-order chi connectivity index (χ0) is 14.6. The van der Waals surface area contributed by atoms with E-state index in [0.29, 0.717) is 25.4 Å². The van der Waals surface area contributed by atoms with Crippen LogP contribution in [0, 0.1) is 17.8 Å². The van der Waals surface area contributed by atoms with E-state index in [-0.39, 0.29) is 17.7 Å². The van der Waals surface area contributed by atoms with Crippen LogP contribution >= 0.6 is 0 Å². The predicted octanol–water partition coefficient (Wildman–Crippen LogP) is 0.623. The molecule has 0 aromatic heterocycles. The van der Waals surface area contributed by atoms with Gasteiger partial charge >= 0.3 is 6.03 Å². The smallest absolute Gasteiger partial charge is 0.322 e. The number of nitrogens with zero attached hydrogens (tertiary/aromatic N) is 1. The molecule has 2 saturated heterocycles. The van der Waals surface area contributed by atoms with Crippen LogP contribution in [-0.2, 0) is 9.59 Å². The minimum Gasteiger partial charge on any atom is -0.340 e. The van der Waals surface area contributed by atoms with Gasteiger partial charge in [0, 0.05) is 12.5 Å². The zero-order valence-corrected chi connectivity index (χ0v) is 12.1. The van der Waals surface area contributed by atoms with E-state index in [4.69, 9.17) is 0 Å². The summed E-state index contributed by atoms with van der Waals surface area (Å²) in [6, 6.07) is -0.436. The second-order valence-electron chi connectivity index (χ2n) is 7.14. The molecule has 6 heteroatoms. The molecule has 4 atom stereocenters. The highest BCUT2D eigenvalue weighted by Gasteiger charge is 2.51. The topological polar surface area (TPSA) is 78.5 Å². The number of rotatable bonds is 1. The summed E-state index contributed by atoms with van der Waals surface area (Å²) in [6.07, 6.45) is 6.05. The van der Waals surface area contributed by atoms with Gasteiger partial charge in [0.2, 0.25) is 5.91 Å². The Hall–Kier alpha value is -1.59. The Balaban J connectivity index is 1.49. The van der Waals surface area contributed by atoms with E-state index in [1.165, 1.54) is 19.3 Å². The van der Waals surface area contributed by atoms with Gasteiger partial charge in [-0.25, -0.2) is 4.79 Å². The van der Waals surface area contributed by atoms with Crippen molar-refractivity contribution in [2.24, 2.45) is 17.8 Å². The lowest BCUT2D eigenvalue weighted by molar-refractivity contribution is -0.141. The Morgan fingerprint density at radius 3 is 2.71 bits per heavy atom. The van der Waals surface area contributed by atoms with Gasteiger partial charge < -0.3 is 10.2 Å². The first-order valence-electron chi connectivity index (χ1n) is 8.00.